The molecule has 0 amide bonds. The second kappa shape index (κ2) is 5.46. The summed E-state index contributed by atoms with van der Waals surface area (Å²) in [6.45, 7) is 0.900. The van der Waals surface area contributed by atoms with Crippen LogP contribution in [0.1, 0.15) is 10.4 Å². The van der Waals surface area contributed by atoms with Crippen molar-refractivity contribution in [2.75, 3.05) is 17.3 Å². The fourth-order valence-corrected chi connectivity index (χ4v) is 4.86. The molecule has 1 atom stereocenters. The molecule has 2 heterocycles. The molecule has 1 aliphatic heterocycles. The number of aromatic carboxylic acids is 1. The van der Waals surface area contributed by atoms with Gasteiger partial charge in [-0.1, -0.05) is 0 Å². The highest BCUT2D eigenvalue weighted by Crippen LogP contribution is 2.26. The fourth-order valence-electron chi connectivity index (χ4n) is 2.20. The summed E-state index contributed by atoms with van der Waals surface area (Å²) in [5.74, 6) is 2.69. The van der Waals surface area contributed by atoms with Crippen LogP contribution in [0.3, 0.4) is 0 Å². The average molecular weight is 294 g/mol. The van der Waals surface area contributed by atoms with E-state index in [1.807, 2.05) is 29.9 Å². The Labute approximate surface area is 119 Å². The van der Waals surface area contributed by atoms with Gasteiger partial charge in [-0.25, -0.2) is 9.78 Å². The second-order valence-corrected chi connectivity index (χ2v) is 7.03. The summed E-state index contributed by atoms with van der Waals surface area (Å²) in [4.78, 5) is 15.4. The first-order valence-corrected chi connectivity index (χ1v) is 8.32. The highest BCUT2D eigenvalue weighted by molar-refractivity contribution is 8.06. The van der Waals surface area contributed by atoms with Gasteiger partial charge in [0.25, 0.3) is 0 Å². The smallest absolute Gasteiger partial charge is 0.335 e. The van der Waals surface area contributed by atoms with Crippen LogP contribution in [0.15, 0.2) is 24.5 Å². The Hall–Kier alpha value is -1.14. The van der Waals surface area contributed by atoms with Crippen molar-refractivity contribution in [3.8, 4) is 0 Å². The minimum absolute atomic E-state index is 0.319. The van der Waals surface area contributed by atoms with Gasteiger partial charge < -0.3 is 9.67 Å². The lowest BCUT2D eigenvalue weighted by Crippen LogP contribution is -2.19. The first-order chi connectivity index (χ1) is 9.24. The molecular formula is C13H14N2O2S2. The molecule has 4 nitrogen and oxygen atoms in total. The van der Waals surface area contributed by atoms with Gasteiger partial charge in [0, 0.05) is 29.1 Å². The first-order valence-electron chi connectivity index (χ1n) is 6.11. The van der Waals surface area contributed by atoms with Crippen molar-refractivity contribution >= 4 is 40.5 Å². The number of carbonyl (C=O) groups is 1. The third kappa shape index (κ3) is 2.74. The highest BCUT2D eigenvalue weighted by atomic mass is 32.2. The van der Waals surface area contributed by atoms with Gasteiger partial charge in [-0.15, -0.1) is 0 Å². The second-order valence-electron chi connectivity index (χ2n) is 4.47. The molecule has 1 saturated heterocycles. The zero-order valence-corrected chi connectivity index (χ0v) is 11.9. The maximum Gasteiger partial charge on any atom is 0.335 e. The number of fused-ring (bicyclic) bond motifs is 1. The van der Waals surface area contributed by atoms with Gasteiger partial charge in [0.1, 0.15) is 0 Å². The number of hydrogen-bond donors (Lipinski definition) is 1. The Balaban J connectivity index is 1.89. The zero-order valence-electron chi connectivity index (χ0n) is 10.3. The molecule has 0 radical (unpaired) electrons. The maximum atomic E-state index is 11.0. The van der Waals surface area contributed by atoms with E-state index >= 15 is 0 Å². The summed E-state index contributed by atoms with van der Waals surface area (Å²) < 4.78 is 2.07. The molecule has 1 aromatic carbocycles. The molecule has 1 unspecified atom stereocenters. The number of carboxylic acid groups (broad SMARTS) is 1. The molecular weight excluding hydrogens is 280 g/mol. The van der Waals surface area contributed by atoms with Gasteiger partial charge in [0.2, 0.25) is 0 Å². The first kappa shape index (κ1) is 12.9. The lowest BCUT2D eigenvalue weighted by Gasteiger charge is -2.21. The molecule has 1 aromatic heterocycles. The lowest BCUT2D eigenvalue weighted by atomic mass is 10.2. The lowest BCUT2D eigenvalue weighted by molar-refractivity contribution is 0.0697. The molecule has 0 bridgehead atoms. The SMILES string of the molecule is O=C(O)c1ccc2ncn(CC3CSCCS3)c2c1. The van der Waals surface area contributed by atoms with Crippen LogP contribution in [0.5, 0.6) is 0 Å². The Morgan fingerprint density at radius 2 is 2.37 bits per heavy atom. The van der Waals surface area contributed by atoms with Crippen molar-refractivity contribution in [1.29, 1.82) is 0 Å². The van der Waals surface area contributed by atoms with Crippen molar-refractivity contribution in [2.45, 2.75) is 11.8 Å². The van der Waals surface area contributed by atoms with Crippen molar-refractivity contribution in [3.05, 3.63) is 30.1 Å². The van der Waals surface area contributed by atoms with Crippen LogP contribution in [0.4, 0.5) is 0 Å². The third-order valence-electron chi connectivity index (χ3n) is 3.15. The highest BCUT2D eigenvalue weighted by Gasteiger charge is 2.16. The van der Waals surface area contributed by atoms with E-state index < -0.39 is 5.97 Å². The van der Waals surface area contributed by atoms with Gasteiger partial charge in [0.05, 0.1) is 22.9 Å². The van der Waals surface area contributed by atoms with E-state index in [4.69, 9.17) is 5.11 Å². The predicted molar refractivity (Wildman–Crippen MR) is 80.3 cm³/mol. The standard InChI is InChI=1S/C13H14N2O2S2/c16-13(17)9-1-2-11-12(5-9)15(8-14-11)6-10-7-18-3-4-19-10/h1-2,5,8,10H,3-4,6-7H2,(H,16,17). The number of hydrogen-bond acceptors (Lipinski definition) is 4. The molecule has 3 rings (SSSR count). The van der Waals surface area contributed by atoms with Gasteiger partial charge in [0.15, 0.2) is 0 Å². The van der Waals surface area contributed by atoms with Crippen LogP contribution in [0.2, 0.25) is 0 Å². The summed E-state index contributed by atoms with van der Waals surface area (Å²) in [5, 5.41) is 9.64. The number of nitrogens with zero attached hydrogens (tertiary/aromatic N) is 2. The van der Waals surface area contributed by atoms with Gasteiger partial charge in [-0.2, -0.15) is 23.5 Å². The van der Waals surface area contributed by atoms with Crippen LogP contribution in [-0.2, 0) is 6.54 Å². The molecule has 19 heavy (non-hydrogen) atoms. The van der Waals surface area contributed by atoms with Crippen LogP contribution >= 0.6 is 23.5 Å². The fraction of sp³-hybridized carbons (Fsp3) is 0.385. The van der Waals surface area contributed by atoms with E-state index in [9.17, 15) is 4.79 Å². The van der Waals surface area contributed by atoms with Crippen LogP contribution in [0, 0.1) is 0 Å². The zero-order chi connectivity index (χ0) is 13.2. The summed E-state index contributed by atoms with van der Waals surface area (Å²) >= 11 is 3.98. The number of aromatic nitrogens is 2. The molecule has 1 N–H and O–H groups in total. The van der Waals surface area contributed by atoms with Gasteiger partial charge in [-0.05, 0) is 18.2 Å². The predicted octanol–water partition coefficient (Wildman–Crippen LogP) is 2.58. The summed E-state index contributed by atoms with van der Waals surface area (Å²) in [5.41, 5.74) is 2.09. The van der Waals surface area contributed by atoms with E-state index in [2.05, 4.69) is 9.55 Å². The largest absolute Gasteiger partial charge is 0.478 e. The van der Waals surface area contributed by atoms with E-state index in [1.165, 1.54) is 11.5 Å². The topological polar surface area (TPSA) is 55.1 Å². The molecule has 100 valence electrons. The van der Waals surface area contributed by atoms with Crippen LogP contribution < -0.4 is 0 Å². The van der Waals surface area contributed by atoms with Crippen molar-refractivity contribution in [3.63, 3.8) is 0 Å². The van der Waals surface area contributed by atoms with Crippen molar-refractivity contribution in [2.24, 2.45) is 0 Å². The van der Waals surface area contributed by atoms with Crippen molar-refractivity contribution < 1.29 is 9.90 Å². The Morgan fingerprint density at radius 1 is 1.47 bits per heavy atom. The minimum atomic E-state index is -0.891. The number of benzene rings is 1. The molecule has 0 saturated carbocycles. The molecule has 0 aliphatic carbocycles. The third-order valence-corrected chi connectivity index (χ3v) is 5.98. The van der Waals surface area contributed by atoms with Crippen LogP contribution in [0.25, 0.3) is 11.0 Å². The molecule has 1 fully saturated rings. The summed E-state index contributed by atoms with van der Waals surface area (Å²) in [6.07, 6.45) is 1.82. The Morgan fingerprint density at radius 3 is 3.11 bits per heavy atom. The molecule has 0 spiro atoms. The van der Waals surface area contributed by atoms with E-state index in [1.54, 1.807) is 18.2 Å². The van der Waals surface area contributed by atoms with Gasteiger partial charge in [-0.3, -0.25) is 0 Å². The maximum absolute atomic E-state index is 11.0. The molecule has 6 heteroatoms. The number of carboxylic acids is 1. The number of thioether (sulfide) groups is 2. The monoisotopic (exact) mass is 294 g/mol. The Bertz CT molecular complexity index is 606. The quantitative estimate of drug-likeness (QED) is 0.943. The minimum Gasteiger partial charge on any atom is -0.478 e. The normalized spacial score (nSPS) is 19.7. The van der Waals surface area contributed by atoms with Crippen LogP contribution in [-0.4, -0.2) is 43.1 Å². The van der Waals surface area contributed by atoms with E-state index in [0.717, 1.165) is 23.3 Å². The van der Waals surface area contributed by atoms with E-state index in [-0.39, 0.29) is 0 Å². The number of rotatable bonds is 3. The summed E-state index contributed by atoms with van der Waals surface area (Å²) in [7, 11) is 0. The summed E-state index contributed by atoms with van der Waals surface area (Å²) in [6, 6.07) is 5.09. The molecule has 2 aromatic rings. The van der Waals surface area contributed by atoms with Gasteiger partial charge >= 0.3 is 5.97 Å². The molecule has 1 aliphatic rings. The Kier molecular flexibility index (Phi) is 3.70. The average Bonchev–Trinajstić information content (AvgIpc) is 2.82. The van der Waals surface area contributed by atoms with E-state index in [0.29, 0.717) is 10.8 Å². The number of imidazole rings is 1. The van der Waals surface area contributed by atoms with Crippen molar-refractivity contribution in [1.82, 2.24) is 9.55 Å².